The molecule has 3 rings (SSSR count). The molecule has 136 valence electrons. The lowest BCUT2D eigenvalue weighted by atomic mass is 9.82. The fraction of sp³-hybridized carbons (Fsp3) is 0.875. The van der Waals surface area contributed by atoms with Gasteiger partial charge in [0.05, 0.1) is 19.1 Å². The Morgan fingerprint density at radius 2 is 2.00 bits per heavy atom. The molecule has 3 fully saturated rings. The minimum absolute atomic E-state index is 0.0867. The van der Waals surface area contributed by atoms with Gasteiger partial charge in [0.25, 0.3) is 5.92 Å². The summed E-state index contributed by atoms with van der Waals surface area (Å²) in [7, 11) is 0. The van der Waals surface area contributed by atoms with Crippen LogP contribution in [0.5, 0.6) is 0 Å². The van der Waals surface area contributed by atoms with Crippen LogP contribution in [0.25, 0.3) is 0 Å². The molecule has 2 saturated heterocycles. The van der Waals surface area contributed by atoms with E-state index in [1.54, 1.807) is 4.90 Å². The maximum Gasteiger partial charge on any atom is 0.410 e. The first-order chi connectivity index (χ1) is 11.4. The topological polar surface area (TPSA) is 75.9 Å². The summed E-state index contributed by atoms with van der Waals surface area (Å²) < 4.78 is 31.4. The Morgan fingerprint density at radius 3 is 2.54 bits per heavy atom. The van der Waals surface area contributed by atoms with Gasteiger partial charge in [0.15, 0.2) is 0 Å². The first-order valence-corrected chi connectivity index (χ1v) is 8.71. The van der Waals surface area contributed by atoms with Crippen molar-refractivity contribution in [2.75, 3.05) is 26.2 Å². The first-order valence-electron chi connectivity index (χ1n) is 8.71. The van der Waals surface area contributed by atoms with Crippen LogP contribution < -0.4 is 5.73 Å². The van der Waals surface area contributed by atoms with E-state index in [0.717, 1.165) is 25.7 Å². The Bertz CT molecular complexity index is 495. The van der Waals surface area contributed by atoms with Crippen LogP contribution in [0.3, 0.4) is 0 Å². The Kier molecular flexibility index (Phi) is 4.94. The third-order valence-electron chi connectivity index (χ3n) is 5.44. The van der Waals surface area contributed by atoms with Crippen LogP contribution in [0.2, 0.25) is 0 Å². The van der Waals surface area contributed by atoms with Crippen molar-refractivity contribution in [1.29, 1.82) is 0 Å². The molecule has 8 heteroatoms. The first kappa shape index (κ1) is 17.4. The summed E-state index contributed by atoms with van der Waals surface area (Å²) in [5, 5.41) is 0. The van der Waals surface area contributed by atoms with Crippen LogP contribution in [0, 0.1) is 5.92 Å². The molecule has 2 aliphatic heterocycles. The van der Waals surface area contributed by atoms with Crippen molar-refractivity contribution in [3.8, 4) is 0 Å². The molecule has 2 amide bonds. The van der Waals surface area contributed by atoms with E-state index in [1.807, 2.05) is 0 Å². The van der Waals surface area contributed by atoms with Gasteiger partial charge in [-0.2, -0.15) is 0 Å². The number of carbonyl (C=O) groups excluding carboxylic acids is 2. The molecule has 24 heavy (non-hydrogen) atoms. The highest BCUT2D eigenvalue weighted by molar-refractivity contribution is 5.82. The number of nitrogens with zero attached hydrogens (tertiary/aromatic N) is 2. The minimum atomic E-state index is -2.78. The van der Waals surface area contributed by atoms with Crippen molar-refractivity contribution in [2.45, 2.75) is 56.5 Å². The maximum atomic E-state index is 13.2. The normalized spacial score (nSPS) is 31.2. The molecule has 1 atom stereocenters. The highest BCUT2D eigenvalue weighted by atomic mass is 19.3. The average molecular weight is 345 g/mol. The third-order valence-corrected chi connectivity index (χ3v) is 5.44. The molecule has 0 aromatic heterocycles. The number of halogens is 2. The molecular weight excluding hydrogens is 320 g/mol. The van der Waals surface area contributed by atoms with Gasteiger partial charge in [-0.05, 0) is 38.0 Å². The second kappa shape index (κ2) is 6.82. The van der Waals surface area contributed by atoms with E-state index in [4.69, 9.17) is 10.5 Å². The van der Waals surface area contributed by atoms with E-state index in [9.17, 15) is 18.4 Å². The number of alkyl halides is 2. The summed E-state index contributed by atoms with van der Waals surface area (Å²) in [5.41, 5.74) is 5.97. The second-order valence-electron chi connectivity index (χ2n) is 7.19. The van der Waals surface area contributed by atoms with Crippen LogP contribution >= 0.6 is 0 Å². The molecule has 0 unspecified atom stereocenters. The van der Waals surface area contributed by atoms with Gasteiger partial charge in [-0.25, -0.2) is 13.6 Å². The number of hydrogen-bond donors (Lipinski definition) is 1. The smallest absolute Gasteiger partial charge is 0.410 e. The molecule has 0 aromatic rings. The monoisotopic (exact) mass is 345 g/mol. The Hall–Kier alpha value is -1.44. The molecule has 2 heterocycles. The van der Waals surface area contributed by atoms with Crippen molar-refractivity contribution >= 4 is 12.0 Å². The standard InChI is InChI=1S/C16H25F2N3O3/c17-16(18)5-6-20(10-16)14(22)13(19)9-11-1-3-12(4-2-11)21-7-8-24-15(21)23/h11-13H,1-10,19H2/t11?,12?,13-/m0/s1. The molecule has 2 N–H and O–H groups in total. The summed E-state index contributed by atoms with van der Waals surface area (Å²) in [6.07, 6.45) is 3.56. The number of carbonyl (C=O) groups is 2. The molecule has 0 spiro atoms. The van der Waals surface area contributed by atoms with Gasteiger partial charge in [-0.15, -0.1) is 0 Å². The quantitative estimate of drug-likeness (QED) is 0.839. The Labute approximate surface area is 140 Å². The van der Waals surface area contributed by atoms with E-state index in [0.29, 0.717) is 25.5 Å². The van der Waals surface area contributed by atoms with Crippen LogP contribution in [-0.4, -0.2) is 66.0 Å². The fourth-order valence-corrected chi connectivity index (χ4v) is 4.05. The molecule has 1 saturated carbocycles. The van der Waals surface area contributed by atoms with Crippen molar-refractivity contribution in [1.82, 2.24) is 9.80 Å². The zero-order valence-electron chi connectivity index (χ0n) is 13.8. The number of ether oxygens (including phenoxy) is 1. The molecule has 6 nitrogen and oxygen atoms in total. The summed E-state index contributed by atoms with van der Waals surface area (Å²) in [6.45, 7) is 0.681. The van der Waals surface area contributed by atoms with Crippen LogP contribution in [0.15, 0.2) is 0 Å². The highest BCUT2D eigenvalue weighted by Crippen LogP contribution is 2.32. The molecule has 3 aliphatic rings. The predicted octanol–water partition coefficient (Wildman–Crippen LogP) is 1.58. The zero-order chi connectivity index (χ0) is 17.3. The number of likely N-dealkylation sites (tertiary alicyclic amines) is 1. The fourth-order valence-electron chi connectivity index (χ4n) is 4.05. The summed E-state index contributed by atoms with van der Waals surface area (Å²) >= 11 is 0. The Morgan fingerprint density at radius 1 is 1.29 bits per heavy atom. The van der Waals surface area contributed by atoms with Crippen LogP contribution in [0.1, 0.15) is 38.5 Å². The SMILES string of the molecule is N[C@@H](CC1CCC(N2CCOC2=O)CC1)C(=O)N1CCC(F)(F)C1. The number of hydrogen-bond acceptors (Lipinski definition) is 4. The third kappa shape index (κ3) is 3.79. The van der Waals surface area contributed by atoms with E-state index in [1.165, 1.54) is 4.90 Å². The number of amides is 2. The lowest BCUT2D eigenvalue weighted by Crippen LogP contribution is -2.45. The van der Waals surface area contributed by atoms with E-state index in [-0.39, 0.29) is 31.0 Å². The molecule has 0 aromatic carbocycles. The highest BCUT2D eigenvalue weighted by Gasteiger charge is 2.42. The zero-order valence-corrected chi connectivity index (χ0v) is 13.8. The number of rotatable bonds is 4. The largest absolute Gasteiger partial charge is 0.448 e. The molecule has 0 radical (unpaired) electrons. The van der Waals surface area contributed by atoms with Crippen molar-refractivity contribution in [2.24, 2.45) is 11.7 Å². The van der Waals surface area contributed by atoms with Crippen molar-refractivity contribution in [3.05, 3.63) is 0 Å². The lowest BCUT2D eigenvalue weighted by Gasteiger charge is -2.34. The van der Waals surface area contributed by atoms with Gasteiger partial charge >= 0.3 is 6.09 Å². The molecular formula is C16H25F2N3O3. The van der Waals surface area contributed by atoms with E-state index in [2.05, 4.69) is 0 Å². The van der Waals surface area contributed by atoms with Gasteiger partial charge in [-0.3, -0.25) is 4.79 Å². The van der Waals surface area contributed by atoms with Gasteiger partial charge in [0.2, 0.25) is 5.91 Å². The summed E-state index contributed by atoms with van der Waals surface area (Å²) in [6, 6.07) is -0.502. The minimum Gasteiger partial charge on any atom is -0.448 e. The van der Waals surface area contributed by atoms with Gasteiger partial charge in [-0.1, -0.05) is 0 Å². The van der Waals surface area contributed by atoms with Gasteiger partial charge in [0.1, 0.15) is 6.61 Å². The van der Waals surface area contributed by atoms with Gasteiger partial charge in [0, 0.05) is 19.0 Å². The second-order valence-corrected chi connectivity index (χ2v) is 7.19. The van der Waals surface area contributed by atoms with E-state index >= 15 is 0 Å². The molecule has 1 aliphatic carbocycles. The van der Waals surface area contributed by atoms with Crippen molar-refractivity contribution in [3.63, 3.8) is 0 Å². The number of nitrogens with two attached hydrogens (primary N) is 1. The Balaban J connectivity index is 1.44. The average Bonchev–Trinajstić information content (AvgIpc) is 3.12. The maximum absolute atomic E-state index is 13.2. The van der Waals surface area contributed by atoms with E-state index < -0.39 is 18.5 Å². The van der Waals surface area contributed by atoms with Crippen LogP contribution in [-0.2, 0) is 9.53 Å². The van der Waals surface area contributed by atoms with Crippen molar-refractivity contribution < 1.29 is 23.1 Å². The van der Waals surface area contributed by atoms with Crippen LogP contribution in [0.4, 0.5) is 13.6 Å². The van der Waals surface area contributed by atoms with Gasteiger partial charge < -0.3 is 20.3 Å². The summed E-state index contributed by atoms with van der Waals surface area (Å²) in [4.78, 5) is 26.8. The number of cyclic esters (lactones) is 1. The summed E-state index contributed by atoms with van der Waals surface area (Å²) in [5.74, 6) is -2.84. The lowest BCUT2D eigenvalue weighted by molar-refractivity contribution is -0.133. The predicted molar refractivity (Wildman–Crippen MR) is 82.5 cm³/mol. The molecule has 0 bridgehead atoms.